The molecule has 0 aliphatic carbocycles. The largest absolute Gasteiger partial charge is 0.348 e. The van der Waals surface area contributed by atoms with Crippen LogP contribution < -0.4 is 5.73 Å². The Morgan fingerprint density at radius 2 is 2.28 bits per heavy atom. The van der Waals surface area contributed by atoms with Crippen molar-refractivity contribution in [2.45, 2.75) is 39.2 Å². The summed E-state index contributed by atoms with van der Waals surface area (Å²) in [4.78, 5) is 11.3. The Kier molecular flexibility index (Phi) is 4.09. The second-order valence-corrected chi connectivity index (χ2v) is 4.87. The molecular formula is C12H19N5O. The molecule has 0 saturated heterocycles. The summed E-state index contributed by atoms with van der Waals surface area (Å²) in [5, 5.41) is 3.95. The van der Waals surface area contributed by atoms with E-state index >= 15 is 0 Å². The average molecular weight is 249 g/mol. The van der Waals surface area contributed by atoms with Gasteiger partial charge in [-0.15, -0.1) is 0 Å². The van der Waals surface area contributed by atoms with Crippen molar-refractivity contribution in [3.63, 3.8) is 0 Å². The molecule has 0 unspecified atom stereocenters. The van der Waals surface area contributed by atoms with Crippen LogP contribution in [0.3, 0.4) is 0 Å². The lowest BCUT2D eigenvalue weighted by Gasteiger charge is -2.03. The molecule has 0 amide bonds. The normalized spacial score (nSPS) is 13.1. The number of hydrogen-bond donors (Lipinski definition) is 2. The Morgan fingerprint density at radius 1 is 1.44 bits per heavy atom. The van der Waals surface area contributed by atoms with Crippen LogP contribution in [0.4, 0.5) is 0 Å². The van der Waals surface area contributed by atoms with E-state index in [9.17, 15) is 0 Å². The Bertz CT molecular complexity index is 463. The second-order valence-electron chi connectivity index (χ2n) is 4.87. The van der Waals surface area contributed by atoms with Gasteiger partial charge in [0.1, 0.15) is 0 Å². The molecule has 2 rings (SSSR count). The van der Waals surface area contributed by atoms with Crippen molar-refractivity contribution >= 4 is 0 Å². The van der Waals surface area contributed by atoms with E-state index in [1.807, 2.05) is 0 Å². The number of aromatic amines is 1. The van der Waals surface area contributed by atoms with E-state index in [0.717, 1.165) is 24.4 Å². The number of nitrogens with one attached hydrogen (secondary N) is 1. The molecule has 0 aromatic carbocycles. The first-order valence-corrected chi connectivity index (χ1v) is 6.20. The minimum Gasteiger partial charge on any atom is -0.348 e. The lowest BCUT2D eigenvalue weighted by molar-refractivity contribution is 0.348. The SMILES string of the molecule is CC(C)CCc1noc([C@H](N)Cc2cnc[nH]2)n1. The van der Waals surface area contributed by atoms with Crippen LogP contribution in [0.1, 0.15) is 43.7 Å². The quantitative estimate of drug-likeness (QED) is 0.811. The van der Waals surface area contributed by atoms with E-state index in [-0.39, 0.29) is 6.04 Å². The number of aryl methyl sites for hydroxylation is 1. The fourth-order valence-electron chi connectivity index (χ4n) is 1.66. The van der Waals surface area contributed by atoms with Gasteiger partial charge in [-0.3, -0.25) is 0 Å². The molecule has 6 nitrogen and oxygen atoms in total. The fourth-order valence-corrected chi connectivity index (χ4v) is 1.66. The van der Waals surface area contributed by atoms with Crippen LogP contribution in [0, 0.1) is 5.92 Å². The third kappa shape index (κ3) is 3.40. The minimum absolute atomic E-state index is 0.286. The molecular weight excluding hydrogens is 230 g/mol. The van der Waals surface area contributed by atoms with Gasteiger partial charge < -0.3 is 15.2 Å². The first-order valence-electron chi connectivity index (χ1n) is 6.20. The van der Waals surface area contributed by atoms with Gasteiger partial charge in [0.15, 0.2) is 5.82 Å². The van der Waals surface area contributed by atoms with Gasteiger partial charge in [0.2, 0.25) is 5.89 Å². The van der Waals surface area contributed by atoms with Crippen LogP contribution in [0.25, 0.3) is 0 Å². The van der Waals surface area contributed by atoms with Crippen molar-refractivity contribution in [1.82, 2.24) is 20.1 Å². The summed E-state index contributed by atoms with van der Waals surface area (Å²) in [6.07, 6.45) is 5.87. The van der Waals surface area contributed by atoms with Gasteiger partial charge in [0, 0.05) is 24.7 Å². The molecule has 18 heavy (non-hydrogen) atoms. The zero-order valence-electron chi connectivity index (χ0n) is 10.8. The summed E-state index contributed by atoms with van der Waals surface area (Å²) in [6.45, 7) is 4.34. The maximum atomic E-state index is 6.01. The molecule has 0 radical (unpaired) electrons. The smallest absolute Gasteiger partial charge is 0.243 e. The van der Waals surface area contributed by atoms with Crippen molar-refractivity contribution < 1.29 is 4.52 Å². The van der Waals surface area contributed by atoms with Gasteiger partial charge in [-0.25, -0.2) is 4.98 Å². The van der Waals surface area contributed by atoms with Crippen molar-refractivity contribution in [2.24, 2.45) is 11.7 Å². The van der Waals surface area contributed by atoms with E-state index < -0.39 is 0 Å². The molecule has 0 saturated carbocycles. The summed E-state index contributed by atoms with van der Waals surface area (Å²) >= 11 is 0. The Morgan fingerprint density at radius 3 is 2.94 bits per heavy atom. The van der Waals surface area contributed by atoms with Crippen LogP contribution in [-0.4, -0.2) is 20.1 Å². The van der Waals surface area contributed by atoms with Crippen LogP contribution in [-0.2, 0) is 12.8 Å². The summed E-state index contributed by atoms with van der Waals surface area (Å²) in [7, 11) is 0. The molecule has 0 bridgehead atoms. The summed E-state index contributed by atoms with van der Waals surface area (Å²) in [6, 6.07) is -0.286. The molecule has 0 fully saturated rings. The Labute approximate surface area is 106 Å². The highest BCUT2D eigenvalue weighted by atomic mass is 16.5. The number of rotatable bonds is 6. The zero-order valence-corrected chi connectivity index (χ0v) is 10.8. The third-order valence-electron chi connectivity index (χ3n) is 2.74. The maximum Gasteiger partial charge on any atom is 0.243 e. The third-order valence-corrected chi connectivity index (χ3v) is 2.74. The van der Waals surface area contributed by atoms with Gasteiger partial charge in [-0.2, -0.15) is 4.98 Å². The van der Waals surface area contributed by atoms with Crippen molar-refractivity contribution in [2.75, 3.05) is 0 Å². The van der Waals surface area contributed by atoms with E-state index in [2.05, 4.69) is 34.0 Å². The van der Waals surface area contributed by atoms with Gasteiger partial charge in [-0.1, -0.05) is 19.0 Å². The number of nitrogens with two attached hydrogens (primary N) is 1. The highest BCUT2D eigenvalue weighted by Crippen LogP contribution is 2.14. The number of aromatic nitrogens is 4. The zero-order chi connectivity index (χ0) is 13.0. The summed E-state index contributed by atoms with van der Waals surface area (Å²) in [5.74, 6) is 1.85. The molecule has 0 aliphatic rings. The molecule has 0 aliphatic heterocycles. The lowest BCUT2D eigenvalue weighted by Crippen LogP contribution is -2.14. The first kappa shape index (κ1) is 12.8. The lowest BCUT2D eigenvalue weighted by atomic mass is 10.1. The van der Waals surface area contributed by atoms with Crippen LogP contribution >= 0.6 is 0 Å². The predicted molar refractivity (Wildman–Crippen MR) is 66.7 cm³/mol. The summed E-state index contributed by atoms with van der Waals surface area (Å²) < 4.78 is 5.19. The molecule has 2 heterocycles. The number of H-pyrrole nitrogens is 1. The summed E-state index contributed by atoms with van der Waals surface area (Å²) in [5.41, 5.74) is 6.97. The van der Waals surface area contributed by atoms with E-state index in [1.54, 1.807) is 12.5 Å². The van der Waals surface area contributed by atoms with Crippen LogP contribution in [0.15, 0.2) is 17.0 Å². The number of hydrogen-bond acceptors (Lipinski definition) is 5. The topological polar surface area (TPSA) is 93.6 Å². The fraction of sp³-hybridized carbons (Fsp3) is 0.583. The first-order chi connectivity index (χ1) is 8.65. The monoisotopic (exact) mass is 249 g/mol. The number of nitrogens with zero attached hydrogens (tertiary/aromatic N) is 3. The molecule has 98 valence electrons. The van der Waals surface area contributed by atoms with Gasteiger partial charge in [0.25, 0.3) is 0 Å². The molecule has 2 aromatic rings. The van der Waals surface area contributed by atoms with E-state index in [4.69, 9.17) is 10.3 Å². The van der Waals surface area contributed by atoms with Crippen LogP contribution in [0.5, 0.6) is 0 Å². The van der Waals surface area contributed by atoms with Crippen LogP contribution in [0.2, 0.25) is 0 Å². The van der Waals surface area contributed by atoms with E-state index in [1.165, 1.54) is 0 Å². The minimum atomic E-state index is -0.286. The molecule has 2 aromatic heterocycles. The molecule has 6 heteroatoms. The van der Waals surface area contributed by atoms with Crippen molar-refractivity contribution in [3.05, 3.63) is 29.9 Å². The Hall–Kier alpha value is -1.69. The van der Waals surface area contributed by atoms with Gasteiger partial charge >= 0.3 is 0 Å². The highest BCUT2D eigenvalue weighted by Gasteiger charge is 2.16. The Balaban J connectivity index is 1.92. The molecule has 0 spiro atoms. The highest BCUT2D eigenvalue weighted by molar-refractivity contribution is 5.02. The predicted octanol–water partition coefficient (Wildman–Crippen LogP) is 1.62. The van der Waals surface area contributed by atoms with E-state index in [0.29, 0.717) is 18.2 Å². The van der Waals surface area contributed by atoms with Gasteiger partial charge in [-0.05, 0) is 12.3 Å². The number of imidazole rings is 1. The maximum absolute atomic E-state index is 6.01. The molecule has 3 N–H and O–H groups in total. The van der Waals surface area contributed by atoms with Crippen molar-refractivity contribution in [3.8, 4) is 0 Å². The molecule has 1 atom stereocenters. The van der Waals surface area contributed by atoms with Gasteiger partial charge in [0.05, 0.1) is 12.4 Å². The standard InChI is InChI=1S/C12H19N5O/c1-8(2)3-4-11-16-12(18-17-11)10(13)5-9-6-14-7-15-9/h6-8,10H,3-5,13H2,1-2H3,(H,14,15)/t10-/m1/s1. The van der Waals surface area contributed by atoms with Crippen molar-refractivity contribution in [1.29, 1.82) is 0 Å². The second kappa shape index (κ2) is 5.77. The average Bonchev–Trinajstić information content (AvgIpc) is 2.96.